The van der Waals surface area contributed by atoms with Crippen LogP contribution in [0.15, 0.2) is 82.5 Å². The van der Waals surface area contributed by atoms with E-state index in [-0.39, 0.29) is 23.9 Å². The molecule has 5 aromatic rings. The van der Waals surface area contributed by atoms with E-state index in [1.54, 1.807) is 4.40 Å². The summed E-state index contributed by atoms with van der Waals surface area (Å²) in [6.45, 7) is -0.0168. The second-order valence-electron chi connectivity index (χ2n) is 6.73. The summed E-state index contributed by atoms with van der Waals surface area (Å²) < 4.78 is 7.92. The van der Waals surface area contributed by atoms with Gasteiger partial charge in [0.15, 0.2) is 4.96 Å². The van der Waals surface area contributed by atoms with Crippen LogP contribution in [0.2, 0.25) is 0 Å². The summed E-state index contributed by atoms with van der Waals surface area (Å²) in [6.07, 6.45) is 0. The molecule has 2 heterocycles. The highest BCUT2D eigenvalue weighted by molar-refractivity contribution is 8.00. The van der Waals surface area contributed by atoms with Crippen LogP contribution in [0.1, 0.15) is 5.69 Å². The summed E-state index contributed by atoms with van der Waals surface area (Å²) in [5, 5.41) is 2.30. The summed E-state index contributed by atoms with van der Waals surface area (Å²) in [4.78, 5) is 30.8. The molecule has 0 amide bonds. The van der Waals surface area contributed by atoms with E-state index in [2.05, 4.69) is 17.1 Å². The molecule has 0 atom stereocenters. The molecule has 0 spiro atoms. The Morgan fingerprint density at radius 2 is 1.80 bits per heavy atom. The summed E-state index contributed by atoms with van der Waals surface area (Å²) in [5.74, 6) is -0.144. The van der Waals surface area contributed by atoms with Crippen molar-refractivity contribution in [3.05, 3.63) is 88.8 Å². The maximum absolute atomic E-state index is 12.5. The molecule has 148 valence electrons. The number of rotatable bonds is 5. The topological polar surface area (TPSA) is 60.7 Å². The van der Waals surface area contributed by atoms with E-state index < -0.39 is 0 Å². The predicted octanol–water partition coefficient (Wildman–Crippen LogP) is 4.90. The summed E-state index contributed by atoms with van der Waals surface area (Å²) in [6, 6.07) is 23.3. The van der Waals surface area contributed by atoms with E-state index in [0.29, 0.717) is 10.7 Å². The van der Waals surface area contributed by atoms with E-state index in [1.165, 1.54) is 34.6 Å². The summed E-state index contributed by atoms with van der Waals surface area (Å²) >= 11 is 2.87. The van der Waals surface area contributed by atoms with Crippen molar-refractivity contribution >= 4 is 55.0 Å². The zero-order valence-electron chi connectivity index (χ0n) is 15.8. The zero-order chi connectivity index (χ0) is 20.5. The molecule has 2 aromatic heterocycles. The molecular formula is C23H16N2O3S2. The van der Waals surface area contributed by atoms with Crippen molar-refractivity contribution in [3.8, 4) is 0 Å². The van der Waals surface area contributed by atoms with Crippen molar-refractivity contribution in [1.29, 1.82) is 0 Å². The highest BCUT2D eigenvalue weighted by Gasteiger charge is 2.11. The molecule has 7 heteroatoms. The van der Waals surface area contributed by atoms with Crippen molar-refractivity contribution < 1.29 is 9.53 Å². The summed E-state index contributed by atoms with van der Waals surface area (Å²) in [5.41, 5.74) is 1.12. The van der Waals surface area contributed by atoms with Gasteiger partial charge in [-0.05, 0) is 35.0 Å². The fourth-order valence-electron chi connectivity index (χ4n) is 3.29. The van der Waals surface area contributed by atoms with Crippen LogP contribution < -0.4 is 5.56 Å². The van der Waals surface area contributed by atoms with Gasteiger partial charge in [-0.1, -0.05) is 53.8 Å². The Hall–Kier alpha value is -3.16. The van der Waals surface area contributed by atoms with Crippen molar-refractivity contribution in [3.63, 3.8) is 0 Å². The first-order valence-electron chi connectivity index (χ1n) is 9.35. The molecule has 5 rings (SSSR count). The molecule has 3 aromatic carbocycles. The SMILES string of the molecule is O=C(CSc1ccc2ccccc2c1)OCc1cc(=O)n2c(n1)sc1ccccc12. The lowest BCUT2D eigenvalue weighted by molar-refractivity contribution is -0.141. The number of hydrogen-bond acceptors (Lipinski definition) is 6. The van der Waals surface area contributed by atoms with E-state index in [4.69, 9.17) is 4.74 Å². The second-order valence-corrected chi connectivity index (χ2v) is 8.79. The Labute approximate surface area is 179 Å². The molecule has 0 N–H and O–H groups in total. The fourth-order valence-corrected chi connectivity index (χ4v) is 5.08. The smallest absolute Gasteiger partial charge is 0.316 e. The minimum absolute atomic E-state index is 0.0168. The van der Waals surface area contributed by atoms with Gasteiger partial charge in [0.25, 0.3) is 5.56 Å². The van der Waals surface area contributed by atoms with Crippen LogP contribution >= 0.6 is 23.1 Å². The van der Waals surface area contributed by atoms with Crippen LogP contribution in [0, 0.1) is 0 Å². The number of carbonyl (C=O) groups is 1. The van der Waals surface area contributed by atoms with Crippen molar-refractivity contribution in [2.24, 2.45) is 0 Å². The Morgan fingerprint density at radius 1 is 1.00 bits per heavy atom. The molecule has 0 saturated heterocycles. The number of ether oxygens (including phenoxy) is 1. The molecule has 0 aliphatic rings. The molecule has 5 nitrogen and oxygen atoms in total. The summed E-state index contributed by atoms with van der Waals surface area (Å²) in [7, 11) is 0. The lowest BCUT2D eigenvalue weighted by Gasteiger charge is -2.06. The molecule has 30 heavy (non-hydrogen) atoms. The van der Waals surface area contributed by atoms with Gasteiger partial charge in [-0.25, -0.2) is 4.98 Å². The highest BCUT2D eigenvalue weighted by Crippen LogP contribution is 2.25. The molecule has 0 bridgehead atoms. The van der Waals surface area contributed by atoms with Crippen LogP contribution in [0.25, 0.3) is 25.9 Å². The number of para-hydroxylation sites is 1. The first-order chi connectivity index (χ1) is 14.7. The van der Waals surface area contributed by atoms with Crippen LogP contribution in [0.4, 0.5) is 0 Å². The number of hydrogen-bond donors (Lipinski definition) is 0. The van der Waals surface area contributed by atoms with E-state index in [9.17, 15) is 9.59 Å². The molecule has 0 radical (unpaired) electrons. The monoisotopic (exact) mass is 432 g/mol. The normalized spacial score (nSPS) is 11.3. The van der Waals surface area contributed by atoms with Gasteiger partial charge in [0.05, 0.1) is 21.7 Å². The standard InChI is InChI=1S/C23H16N2O3S2/c26-21-12-17(24-23-25(21)19-7-3-4-8-20(19)30-23)13-28-22(27)14-29-18-10-9-15-5-1-2-6-16(15)11-18/h1-12H,13-14H2. The minimum Gasteiger partial charge on any atom is -0.459 e. The number of nitrogens with zero attached hydrogens (tertiary/aromatic N) is 2. The van der Waals surface area contributed by atoms with Gasteiger partial charge in [-0.2, -0.15) is 0 Å². The molecule has 0 saturated carbocycles. The highest BCUT2D eigenvalue weighted by atomic mass is 32.2. The van der Waals surface area contributed by atoms with Crippen LogP contribution in [-0.4, -0.2) is 21.1 Å². The van der Waals surface area contributed by atoms with E-state index in [1.807, 2.05) is 54.6 Å². The largest absolute Gasteiger partial charge is 0.459 e. The number of carbonyl (C=O) groups excluding carboxylic acids is 1. The third-order valence-corrected chi connectivity index (χ3v) is 6.70. The van der Waals surface area contributed by atoms with Crippen molar-refractivity contribution in [2.75, 3.05) is 5.75 Å². The lowest BCUT2D eigenvalue weighted by atomic mass is 10.1. The molecule has 0 aliphatic carbocycles. The Balaban J connectivity index is 1.26. The quantitative estimate of drug-likeness (QED) is 0.292. The average molecular weight is 433 g/mol. The minimum atomic E-state index is -0.341. The van der Waals surface area contributed by atoms with Crippen LogP contribution in [0.3, 0.4) is 0 Å². The number of esters is 1. The van der Waals surface area contributed by atoms with Crippen LogP contribution in [-0.2, 0) is 16.1 Å². The maximum atomic E-state index is 12.5. The molecular weight excluding hydrogens is 416 g/mol. The predicted molar refractivity (Wildman–Crippen MR) is 121 cm³/mol. The third-order valence-electron chi connectivity index (χ3n) is 4.71. The number of benzene rings is 3. The van der Waals surface area contributed by atoms with Crippen molar-refractivity contribution in [1.82, 2.24) is 9.38 Å². The van der Waals surface area contributed by atoms with E-state index in [0.717, 1.165) is 20.5 Å². The maximum Gasteiger partial charge on any atom is 0.316 e. The Kier molecular flexibility index (Phi) is 4.98. The van der Waals surface area contributed by atoms with Gasteiger partial charge < -0.3 is 4.74 Å². The zero-order valence-corrected chi connectivity index (χ0v) is 17.4. The lowest BCUT2D eigenvalue weighted by Crippen LogP contribution is -2.15. The van der Waals surface area contributed by atoms with E-state index >= 15 is 0 Å². The number of fused-ring (bicyclic) bond motifs is 4. The van der Waals surface area contributed by atoms with Gasteiger partial charge in [-0.15, -0.1) is 11.8 Å². The second kappa shape index (κ2) is 7.93. The Bertz CT molecular complexity index is 1460. The molecule has 0 unspecified atom stereocenters. The van der Waals surface area contributed by atoms with Crippen LogP contribution in [0.5, 0.6) is 0 Å². The Morgan fingerprint density at radius 3 is 2.70 bits per heavy atom. The first kappa shape index (κ1) is 18.8. The van der Waals surface area contributed by atoms with Gasteiger partial charge in [-0.3, -0.25) is 14.0 Å². The molecule has 0 fully saturated rings. The van der Waals surface area contributed by atoms with Crippen molar-refractivity contribution in [2.45, 2.75) is 11.5 Å². The first-order valence-corrected chi connectivity index (χ1v) is 11.1. The third kappa shape index (κ3) is 3.69. The number of thiazole rings is 1. The number of thioether (sulfide) groups is 1. The molecule has 0 aliphatic heterocycles. The fraction of sp³-hybridized carbons (Fsp3) is 0.0870. The van der Waals surface area contributed by atoms with Gasteiger partial charge in [0.2, 0.25) is 0 Å². The average Bonchev–Trinajstić information content (AvgIpc) is 3.15. The van der Waals surface area contributed by atoms with Gasteiger partial charge >= 0.3 is 5.97 Å². The van der Waals surface area contributed by atoms with Gasteiger partial charge in [0.1, 0.15) is 6.61 Å². The number of aromatic nitrogens is 2. The van der Waals surface area contributed by atoms with Gasteiger partial charge in [0, 0.05) is 11.0 Å².